The van der Waals surface area contributed by atoms with Crippen molar-refractivity contribution in [3.8, 4) is 16.9 Å². The second-order valence-electron chi connectivity index (χ2n) is 6.78. The van der Waals surface area contributed by atoms with Crippen molar-refractivity contribution in [1.29, 1.82) is 0 Å². The number of alkyl halides is 3. The monoisotopic (exact) mass is 409 g/mol. The van der Waals surface area contributed by atoms with Crippen LogP contribution in [0.2, 0.25) is 10.0 Å². The highest BCUT2D eigenvalue weighted by Crippen LogP contribution is 2.41. The number of nitrogens with zero attached hydrogens (tertiary/aromatic N) is 1. The lowest BCUT2D eigenvalue weighted by molar-refractivity contribution is -0.177. The van der Waals surface area contributed by atoms with Crippen molar-refractivity contribution < 1.29 is 13.2 Å². The highest BCUT2D eigenvalue weighted by molar-refractivity contribution is 6.42. The van der Waals surface area contributed by atoms with Gasteiger partial charge in [-0.3, -0.25) is 0 Å². The Balaban J connectivity index is 1.90. The summed E-state index contributed by atoms with van der Waals surface area (Å²) in [6.45, 7) is 0. The zero-order valence-electron chi connectivity index (χ0n) is 14.2. The number of hydrogen-bond donors (Lipinski definition) is 0. The van der Waals surface area contributed by atoms with Crippen LogP contribution in [0.4, 0.5) is 13.2 Å². The van der Waals surface area contributed by atoms with Crippen molar-refractivity contribution in [3.63, 3.8) is 0 Å². The number of benzene rings is 2. The minimum atomic E-state index is -4.19. The number of aryl methyl sites for hydroxylation is 1. The Morgan fingerprint density at radius 2 is 1.67 bits per heavy atom. The Labute approximate surface area is 165 Å². The van der Waals surface area contributed by atoms with E-state index < -0.39 is 12.1 Å². The summed E-state index contributed by atoms with van der Waals surface area (Å²) < 4.78 is 42.0. The molecule has 1 aromatic heterocycles. The quantitative estimate of drug-likeness (QED) is 0.424. The first kappa shape index (κ1) is 18.5. The summed E-state index contributed by atoms with van der Waals surface area (Å²) in [6.07, 6.45) is -3.67. The lowest BCUT2D eigenvalue weighted by Gasteiger charge is -2.26. The largest absolute Gasteiger partial charge is 0.392 e. The molecule has 140 valence electrons. The average Bonchev–Trinajstić information content (AvgIpc) is 3.02. The van der Waals surface area contributed by atoms with Gasteiger partial charge in [-0.1, -0.05) is 47.5 Å². The Hall–Kier alpha value is -1.91. The Bertz CT molecular complexity index is 977. The number of halogens is 5. The molecule has 4 rings (SSSR count). The van der Waals surface area contributed by atoms with Crippen LogP contribution in [0.25, 0.3) is 16.9 Å². The van der Waals surface area contributed by atoms with Gasteiger partial charge in [0, 0.05) is 16.9 Å². The van der Waals surface area contributed by atoms with Gasteiger partial charge in [-0.05, 0) is 55.2 Å². The van der Waals surface area contributed by atoms with E-state index in [9.17, 15) is 13.2 Å². The van der Waals surface area contributed by atoms with Gasteiger partial charge in [0.1, 0.15) is 0 Å². The first-order valence-electron chi connectivity index (χ1n) is 8.65. The molecular formula is C21H16Cl2F3N. The van der Waals surface area contributed by atoms with Crippen LogP contribution in [0.1, 0.15) is 17.7 Å². The highest BCUT2D eigenvalue weighted by Gasteiger charge is 2.42. The SMILES string of the molecule is FC(F)(F)C1CCc2cc(-c3ccc(Cl)c(Cl)c3)n(-c3ccccc3)c2C1. The van der Waals surface area contributed by atoms with Gasteiger partial charge in [0.25, 0.3) is 0 Å². The number of para-hydroxylation sites is 1. The molecule has 0 saturated heterocycles. The van der Waals surface area contributed by atoms with Crippen LogP contribution in [0.3, 0.4) is 0 Å². The summed E-state index contributed by atoms with van der Waals surface area (Å²) in [5, 5.41) is 0.862. The topological polar surface area (TPSA) is 4.93 Å². The lowest BCUT2D eigenvalue weighted by atomic mass is 9.87. The Morgan fingerprint density at radius 1 is 0.926 bits per heavy atom. The number of rotatable bonds is 2. The van der Waals surface area contributed by atoms with E-state index in [0.29, 0.717) is 16.5 Å². The van der Waals surface area contributed by atoms with E-state index in [0.717, 1.165) is 28.2 Å². The van der Waals surface area contributed by atoms with Crippen LogP contribution >= 0.6 is 23.2 Å². The summed E-state index contributed by atoms with van der Waals surface area (Å²) >= 11 is 12.2. The molecule has 0 spiro atoms. The average molecular weight is 410 g/mol. The van der Waals surface area contributed by atoms with Gasteiger partial charge >= 0.3 is 6.18 Å². The Kier molecular flexibility index (Phi) is 4.73. The highest BCUT2D eigenvalue weighted by atomic mass is 35.5. The third-order valence-corrected chi connectivity index (χ3v) is 5.83. The van der Waals surface area contributed by atoms with Crippen molar-refractivity contribution >= 4 is 23.2 Å². The molecule has 0 radical (unpaired) electrons. The van der Waals surface area contributed by atoms with Crippen molar-refractivity contribution in [3.05, 3.63) is 75.9 Å². The van der Waals surface area contributed by atoms with Gasteiger partial charge in [-0.2, -0.15) is 13.2 Å². The van der Waals surface area contributed by atoms with Gasteiger partial charge in [-0.15, -0.1) is 0 Å². The molecule has 1 aliphatic rings. The zero-order valence-corrected chi connectivity index (χ0v) is 15.7. The van der Waals surface area contributed by atoms with Crippen molar-refractivity contribution in [1.82, 2.24) is 4.57 Å². The molecule has 0 aliphatic heterocycles. The van der Waals surface area contributed by atoms with Crippen molar-refractivity contribution in [2.75, 3.05) is 0 Å². The van der Waals surface area contributed by atoms with Crippen LogP contribution in [-0.4, -0.2) is 10.7 Å². The molecule has 6 heteroatoms. The number of aromatic nitrogens is 1. The molecule has 1 heterocycles. The second-order valence-corrected chi connectivity index (χ2v) is 7.60. The summed E-state index contributed by atoms with van der Waals surface area (Å²) in [5.74, 6) is -1.32. The second kappa shape index (κ2) is 6.92. The minimum absolute atomic E-state index is 0.0188. The van der Waals surface area contributed by atoms with Crippen LogP contribution in [-0.2, 0) is 12.8 Å². The zero-order chi connectivity index (χ0) is 19.2. The molecular weight excluding hydrogens is 394 g/mol. The number of fused-ring (bicyclic) bond motifs is 1. The molecule has 0 amide bonds. The minimum Gasteiger partial charge on any atom is -0.313 e. The predicted octanol–water partition coefficient (Wildman–Crippen LogP) is 7.12. The maximum absolute atomic E-state index is 13.4. The Morgan fingerprint density at radius 3 is 2.33 bits per heavy atom. The van der Waals surface area contributed by atoms with Crippen LogP contribution < -0.4 is 0 Å². The smallest absolute Gasteiger partial charge is 0.313 e. The fourth-order valence-corrected chi connectivity index (χ4v) is 4.02. The maximum atomic E-state index is 13.4. The van der Waals surface area contributed by atoms with Gasteiger partial charge in [0.15, 0.2) is 0 Å². The molecule has 0 bridgehead atoms. The summed E-state index contributed by atoms with van der Waals surface area (Å²) in [4.78, 5) is 0. The fraction of sp³-hybridized carbons (Fsp3) is 0.238. The van der Waals surface area contributed by atoms with E-state index in [-0.39, 0.29) is 12.8 Å². The van der Waals surface area contributed by atoms with E-state index in [4.69, 9.17) is 23.2 Å². The van der Waals surface area contributed by atoms with Crippen LogP contribution in [0, 0.1) is 5.92 Å². The normalized spacial score (nSPS) is 17.0. The molecule has 1 atom stereocenters. The summed E-state index contributed by atoms with van der Waals surface area (Å²) in [5.41, 5.74) is 4.16. The summed E-state index contributed by atoms with van der Waals surface area (Å²) in [6, 6.07) is 16.7. The van der Waals surface area contributed by atoms with E-state index >= 15 is 0 Å². The van der Waals surface area contributed by atoms with Crippen molar-refractivity contribution in [2.45, 2.75) is 25.4 Å². The third kappa shape index (κ3) is 3.48. The lowest BCUT2D eigenvalue weighted by Crippen LogP contribution is -2.29. The predicted molar refractivity (Wildman–Crippen MR) is 103 cm³/mol. The van der Waals surface area contributed by atoms with E-state index in [2.05, 4.69) is 0 Å². The first-order valence-corrected chi connectivity index (χ1v) is 9.41. The van der Waals surface area contributed by atoms with Crippen LogP contribution in [0.15, 0.2) is 54.6 Å². The van der Waals surface area contributed by atoms with Gasteiger partial charge in [0.05, 0.1) is 21.7 Å². The first-order chi connectivity index (χ1) is 12.8. The molecule has 3 aromatic rings. The number of hydrogen-bond acceptors (Lipinski definition) is 0. The van der Waals surface area contributed by atoms with E-state index in [1.807, 2.05) is 47.0 Å². The van der Waals surface area contributed by atoms with Gasteiger partial charge in [0.2, 0.25) is 0 Å². The maximum Gasteiger partial charge on any atom is 0.392 e. The molecule has 0 fully saturated rings. The third-order valence-electron chi connectivity index (χ3n) is 5.09. The van der Waals surface area contributed by atoms with Gasteiger partial charge in [-0.25, -0.2) is 0 Å². The standard InChI is InChI=1S/C21H16Cl2F3N/c22-17-9-7-13(10-18(17)23)19-11-14-6-8-15(21(24,25)26)12-20(14)27(19)16-4-2-1-3-5-16/h1-5,7,9-11,15H,6,8,12H2. The molecule has 0 N–H and O–H groups in total. The molecule has 2 aromatic carbocycles. The fourth-order valence-electron chi connectivity index (χ4n) is 3.73. The molecule has 27 heavy (non-hydrogen) atoms. The molecule has 1 aliphatic carbocycles. The molecule has 0 saturated carbocycles. The summed E-state index contributed by atoms with van der Waals surface area (Å²) in [7, 11) is 0. The van der Waals surface area contributed by atoms with Crippen LogP contribution in [0.5, 0.6) is 0 Å². The molecule has 1 unspecified atom stereocenters. The van der Waals surface area contributed by atoms with E-state index in [1.54, 1.807) is 12.1 Å². The van der Waals surface area contributed by atoms with Gasteiger partial charge < -0.3 is 4.57 Å². The molecule has 1 nitrogen and oxygen atoms in total. The van der Waals surface area contributed by atoms with E-state index in [1.165, 1.54) is 0 Å². The van der Waals surface area contributed by atoms with Crippen molar-refractivity contribution in [2.24, 2.45) is 5.92 Å².